The van der Waals surface area contributed by atoms with Crippen LogP contribution in [0.5, 0.6) is 34.5 Å². The van der Waals surface area contributed by atoms with Gasteiger partial charge in [0.15, 0.2) is 33.8 Å². The van der Waals surface area contributed by atoms with Crippen molar-refractivity contribution in [2.75, 3.05) is 12.4 Å². The number of aromatic hydroxyl groups is 1. The van der Waals surface area contributed by atoms with Crippen molar-refractivity contribution in [3.8, 4) is 34.5 Å². The Bertz CT molecular complexity index is 1660. The van der Waals surface area contributed by atoms with Gasteiger partial charge in [-0.3, -0.25) is 10.1 Å². The minimum atomic E-state index is -0.696. The number of halogens is 3. The number of aromatic nitrogens is 2. The van der Waals surface area contributed by atoms with E-state index in [4.69, 9.17) is 25.8 Å². The molecule has 1 amide bonds. The van der Waals surface area contributed by atoms with Gasteiger partial charge < -0.3 is 19.3 Å². The van der Waals surface area contributed by atoms with Gasteiger partial charge in [0.1, 0.15) is 23.1 Å². The molecule has 3 aromatic carbocycles. The van der Waals surface area contributed by atoms with Crippen molar-refractivity contribution in [2.24, 2.45) is 0 Å². The molecule has 38 heavy (non-hydrogen) atoms. The van der Waals surface area contributed by atoms with Crippen LogP contribution in [0.3, 0.4) is 0 Å². The van der Waals surface area contributed by atoms with Gasteiger partial charge >= 0.3 is 0 Å². The molecule has 0 saturated heterocycles. The van der Waals surface area contributed by atoms with Crippen molar-refractivity contribution in [2.45, 2.75) is 0 Å². The Morgan fingerprint density at radius 2 is 1.68 bits per heavy atom. The third-order valence-electron chi connectivity index (χ3n) is 5.15. The Kier molecular flexibility index (Phi) is 6.95. The van der Waals surface area contributed by atoms with Crippen LogP contribution >= 0.6 is 22.9 Å². The summed E-state index contributed by atoms with van der Waals surface area (Å²) in [6.07, 6.45) is 1.33. The number of anilines is 1. The van der Waals surface area contributed by atoms with E-state index in [0.717, 1.165) is 17.4 Å². The molecular weight excluding hydrogens is 540 g/mol. The summed E-state index contributed by atoms with van der Waals surface area (Å²) in [7, 11) is 1.36. The van der Waals surface area contributed by atoms with E-state index >= 15 is 0 Å². The molecule has 2 heterocycles. The molecule has 0 radical (unpaired) electrons. The van der Waals surface area contributed by atoms with Crippen LogP contribution in [0.2, 0.25) is 5.02 Å². The van der Waals surface area contributed by atoms with Gasteiger partial charge in [-0.25, -0.2) is 18.7 Å². The fourth-order valence-corrected chi connectivity index (χ4v) is 4.46. The maximum absolute atomic E-state index is 13.5. The smallest absolute Gasteiger partial charge is 0.280 e. The Balaban J connectivity index is 1.50. The molecule has 0 aliphatic rings. The van der Waals surface area contributed by atoms with Crippen molar-refractivity contribution in [1.29, 1.82) is 0 Å². The molecule has 0 unspecified atom stereocenters. The second-order valence-electron chi connectivity index (χ2n) is 7.68. The second-order valence-corrected chi connectivity index (χ2v) is 9.12. The SMILES string of the molecule is COc1ccnc(C(=O)Nc2nc3cc(Oc4ccc(F)cc4)c(Oc4ccc(F)cc4Cl)cc3s2)c1O. The van der Waals surface area contributed by atoms with Crippen molar-refractivity contribution in [3.63, 3.8) is 0 Å². The van der Waals surface area contributed by atoms with Crippen molar-refractivity contribution in [1.82, 2.24) is 9.97 Å². The standard InChI is InChI=1S/C26H16ClF2N3O5S/c1-35-19-8-9-30-23(24(19)33)25(34)32-26-31-17-11-20(36-15-5-2-13(28)3-6-15)21(12-22(17)38-26)37-18-7-4-14(29)10-16(18)27/h2-12,33H,1H3,(H,31,32,34). The first-order valence-electron chi connectivity index (χ1n) is 10.8. The summed E-state index contributed by atoms with van der Waals surface area (Å²) in [6.45, 7) is 0. The highest BCUT2D eigenvalue weighted by atomic mass is 35.5. The average molecular weight is 556 g/mol. The number of methoxy groups -OCH3 is 1. The maximum Gasteiger partial charge on any atom is 0.280 e. The highest BCUT2D eigenvalue weighted by Crippen LogP contribution is 2.42. The summed E-state index contributed by atoms with van der Waals surface area (Å²) in [6, 6.07) is 13.6. The molecule has 0 bridgehead atoms. The predicted molar refractivity (Wildman–Crippen MR) is 138 cm³/mol. The zero-order valence-electron chi connectivity index (χ0n) is 19.4. The van der Waals surface area contributed by atoms with Crippen molar-refractivity contribution >= 4 is 44.2 Å². The molecule has 5 aromatic rings. The first-order valence-corrected chi connectivity index (χ1v) is 12.0. The van der Waals surface area contributed by atoms with E-state index in [1.807, 2.05) is 0 Å². The zero-order valence-corrected chi connectivity index (χ0v) is 20.9. The summed E-state index contributed by atoms with van der Waals surface area (Å²) < 4.78 is 44.4. The number of nitrogens with zero attached hydrogens (tertiary/aromatic N) is 2. The number of carbonyl (C=O) groups is 1. The Morgan fingerprint density at radius 3 is 2.42 bits per heavy atom. The number of benzene rings is 3. The fraction of sp³-hybridized carbons (Fsp3) is 0.0385. The molecule has 0 spiro atoms. The number of amides is 1. The first kappa shape index (κ1) is 25.2. The third kappa shape index (κ3) is 5.29. The monoisotopic (exact) mass is 555 g/mol. The molecule has 0 fully saturated rings. The average Bonchev–Trinajstić information content (AvgIpc) is 3.28. The Hall–Kier alpha value is -4.48. The quantitative estimate of drug-likeness (QED) is 0.219. The number of ether oxygens (including phenoxy) is 3. The lowest BCUT2D eigenvalue weighted by Crippen LogP contribution is -2.13. The predicted octanol–water partition coefficient (Wildman–Crippen LogP) is 7.17. The molecule has 8 nitrogen and oxygen atoms in total. The molecule has 2 N–H and O–H groups in total. The lowest BCUT2D eigenvalue weighted by atomic mass is 10.2. The van der Waals surface area contributed by atoms with Gasteiger partial charge in [-0.05, 0) is 42.5 Å². The molecule has 5 rings (SSSR count). The number of hydrogen-bond donors (Lipinski definition) is 2. The van der Waals surface area contributed by atoms with Gasteiger partial charge in [-0.1, -0.05) is 22.9 Å². The van der Waals surface area contributed by atoms with Crippen LogP contribution in [0.25, 0.3) is 10.2 Å². The number of rotatable bonds is 7. The van der Waals surface area contributed by atoms with Crippen LogP contribution in [0.1, 0.15) is 10.5 Å². The number of fused-ring (bicyclic) bond motifs is 1. The minimum absolute atomic E-state index is 0.0423. The molecule has 0 aliphatic heterocycles. The van der Waals surface area contributed by atoms with Crippen LogP contribution < -0.4 is 19.5 Å². The highest BCUT2D eigenvalue weighted by molar-refractivity contribution is 7.22. The summed E-state index contributed by atoms with van der Waals surface area (Å²) in [4.78, 5) is 21.1. The first-order chi connectivity index (χ1) is 18.3. The van der Waals surface area contributed by atoms with Crippen LogP contribution in [0, 0.1) is 11.6 Å². The molecule has 12 heteroatoms. The molecule has 0 atom stereocenters. The van der Waals surface area contributed by atoms with E-state index in [9.17, 15) is 18.7 Å². The van der Waals surface area contributed by atoms with Gasteiger partial charge in [0, 0.05) is 24.4 Å². The normalized spacial score (nSPS) is 10.8. The van der Waals surface area contributed by atoms with Gasteiger partial charge in [0.25, 0.3) is 5.91 Å². The number of thiazole rings is 1. The molecule has 2 aromatic heterocycles. The lowest BCUT2D eigenvalue weighted by Gasteiger charge is -2.13. The molecule has 0 saturated carbocycles. The van der Waals surface area contributed by atoms with Gasteiger partial charge in [-0.15, -0.1) is 0 Å². The second kappa shape index (κ2) is 10.5. The van der Waals surface area contributed by atoms with E-state index in [1.54, 1.807) is 12.1 Å². The molecule has 0 aliphatic carbocycles. The Labute approximate surface area is 223 Å². The number of hydrogen-bond acceptors (Lipinski definition) is 8. The number of pyridine rings is 1. The fourth-order valence-electron chi connectivity index (χ4n) is 3.38. The zero-order chi connectivity index (χ0) is 26.8. The Morgan fingerprint density at radius 1 is 0.947 bits per heavy atom. The maximum atomic E-state index is 13.5. The van der Waals surface area contributed by atoms with E-state index < -0.39 is 23.3 Å². The van der Waals surface area contributed by atoms with E-state index in [0.29, 0.717) is 16.0 Å². The van der Waals surface area contributed by atoms with E-state index in [1.165, 1.54) is 55.8 Å². The van der Waals surface area contributed by atoms with Crippen LogP contribution in [0.15, 0.2) is 66.9 Å². The topological polar surface area (TPSA) is 103 Å². The van der Waals surface area contributed by atoms with E-state index in [2.05, 4.69) is 15.3 Å². The number of nitrogens with one attached hydrogen (secondary N) is 1. The van der Waals surface area contributed by atoms with Gasteiger partial charge in [-0.2, -0.15) is 0 Å². The van der Waals surface area contributed by atoms with Crippen LogP contribution in [0.4, 0.5) is 13.9 Å². The largest absolute Gasteiger partial charge is 0.503 e. The third-order valence-corrected chi connectivity index (χ3v) is 6.38. The summed E-state index contributed by atoms with van der Waals surface area (Å²) in [5.74, 6) is -1.05. The van der Waals surface area contributed by atoms with E-state index in [-0.39, 0.29) is 38.8 Å². The van der Waals surface area contributed by atoms with Crippen LogP contribution in [-0.4, -0.2) is 28.1 Å². The van der Waals surface area contributed by atoms with Gasteiger partial charge in [0.2, 0.25) is 0 Å². The molecule has 192 valence electrons. The minimum Gasteiger partial charge on any atom is -0.503 e. The number of carbonyl (C=O) groups excluding carboxylic acids is 1. The summed E-state index contributed by atoms with van der Waals surface area (Å²) in [5.41, 5.74) is 0.210. The van der Waals surface area contributed by atoms with Crippen LogP contribution in [-0.2, 0) is 0 Å². The summed E-state index contributed by atoms with van der Waals surface area (Å²) in [5, 5.41) is 13.1. The summed E-state index contributed by atoms with van der Waals surface area (Å²) >= 11 is 7.26. The highest BCUT2D eigenvalue weighted by Gasteiger charge is 2.20. The van der Waals surface area contributed by atoms with Crippen molar-refractivity contribution in [3.05, 3.63) is 89.2 Å². The lowest BCUT2D eigenvalue weighted by molar-refractivity contribution is 0.101. The van der Waals surface area contributed by atoms with Gasteiger partial charge in [0.05, 0.1) is 22.3 Å². The molecular formula is C26H16ClF2N3O5S. The van der Waals surface area contributed by atoms with Crippen molar-refractivity contribution < 1.29 is 32.9 Å².